The predicted molar refractivity (Wildman–Crippen MR) is 86.6 cm³/mol. The van der Waals surface area contributed by atoms with Crippen molar-refractivity contribution in [1.82, 2.24) is 14.7 Å². The quantitative estimate of drug-likeness (QED) is 0.878. The highest BCUT2D eigenvalue weighted by Crippen LogP contribution is 2.30. The fraction of sp³-hybridized carbons (Fsp3) is 0.353. The Kier molecular flexibility index (Phi) is 4.92. The van der Waals surface area contributed by atoms with Gasteiger partial charge in [0.2, 0.25) is 0 Å². The summed E-state index contributed by atoms with van der Waals surface area (Å²) in [5.74, 6) is -1.74. The van der Waals surface area contributed by atoms with Crippen LogP contribution in [0, 0.1) is 6.92 Å². The summed E-state index contributed by atoms with van der Waals surface area (Å²) in [6, 6.07) is 3.45. The van der Waals surface area contributed by atoms with E-state index in [9.17, 15) is 27.9 Å². The second kappa shape index (κ2) is 7.03. The van der Waals surface area contributed by atoms with Gasteiger partial charge in [0.1, 0.15) is 0 Å². The van der Waals surface area contributed by atoms with Crippen molar-refractivity contribution in [3.05, 3.63) is 47.3 Å². The number of carboxylic acid groups (broad SMARTS) is 1. The maximum absolute atomic E-state index is 12.9. The second-order valence-corrected chi connectivity index (χ2v) is 6.03. The van der Waals surface area contributed by atoms with Gasteiger partial charge in [-0.15, -0.1) is 0 Å². The Bertz CT molecular complexity index is 879. The fourth-order valence-electron chi connectivity index (χ4n) is 2.90. The normalized spacial score (nSPS) is 17.8. The molecule has 1 aliphatic rings. The van der Waals surface area contributed by atoms with Gasteiger partial charge in [-0.2, -0.15) is 18.3 Å². The zero-order chi connectivity index (χ0) is 19.8. The molecule has 3 rings (SSSR count). The van der Waals surface area contributed by atoms with Gasteiger partial charge < -0.3 is 14.7 Å². The number of hydrogen-bond acceptors (Lipinski definition) is 4. The molecule has 1 amide bonds. The van der Waals surface area contributed by atoms with Crippen LogP contribution in [0.25, 0.3) is 5.69 Å². The third-order valence-corrected chi connectivity index (χ3v) is 4.33. The number of ether oxygens (including phenoxy) is 1. The van der Waals surface area contributed by atoms with Crippen LogP contribution in [-0.4, -0.2) is 57.5 Å². The van der Waals surface area contributed by atoms with E-state index in [1.165, 1.54) is 34.8 Å². The van der Waals surface area contributed by atoms with Crippen LogP contribution in [0.3, 0.4) is 0 Å². The lowest BCUT2D eigenvalue weighted by atomic mass is 10.1. The molecule has 2 aromatic rings. The molecule has 0 radical (unpaired) electrons. The summed E-state index contributed by atoms with van der Waals surface area (Å²) in [6.07, 6.45) is -3.27. The van der Waals surface area contributed by atoms with Crippen LogP contribution in [0.5, 0.6) is 0 Å². The SMILES string of the molecule is Cc1c(C(=O)N2CCOCC2C(=O)O)cnn1-c1cccc(C(F)(F)F)c1. The first kappa shape index (κ1) is 18.9. The molecule has 10 heteroatoms. The van der Waals surface area contributed by atoms with Crippen molar-refractivity contribution in [2.75, 3.05) is 19.8 Å². The molecule has 1 saturated heterocycles. The Labute approximate surface area is 151 Å². The molecule has 1 aromatic heterocycles. The Morgan fingerprint density at radius 3 is 2.74 bits per heavy atom. The standard InChI is InChI=1S/C17H16F3N3O4/c1-10-13(15(24)22-5-6-27-9-14(22)16(25)26)8-21-23(10)12-4-2-3-11(7-12)17(18,19)20/h2-4,7-8,14H,5-6,9H2,1H3,(H,25,26). The van der Waals surface area contributed by atoms with Crippen molar-refractivity contribution >= 4 is 11.9 Å². The number of nitrogens with zero attached hydrogens (tertiary/aromatic N) is 3. The number of halogens is 3. The minimum atomic E-state index is -4.50. The number of carbonyl (C=O) groups is 2. The van der Waals surface area contributed by atoms with Crippen molar-refractivity contribution in [3.8, 4) is 5.69 Å². The highest BCUT2D eigenvalue weighted by molar-refractivity contribution is 5.97. The lowest BCUT2D eigenvalue weighted by Crippen LogP contribution is -2.52. The van der Waals surface area contributed by atoms with E-state index in [0.717, 1.165) is 12.1 Å². The maximum Gasteiger partial charge on any atom is 0.416 e. The van der Waals surface area contributed by atoms with Crippen LogP contribution in [-0.2, 0) is 15.7 Å². The number of carboxylic acids is 1. The summed E-state index contributed by atoms with van der Waals surface area (Å²) < 4.78 is 45.1. The molecule has 0 bridgehead atoms. The minimum Gasteiger partial charge on any atom is -0.480 e. The number of aromatic nitrogens is 2. The number of carbonyl (C=O) groups excluding carboxylic acids is 1. The minimum absolute atomic E-state index is 0.101. The first-order valence-corrected chi connectivity index (χ1v) is 8.04. The van der Waals surface area contributed by atoms with E-state index >= 15 is 0 Å². The maximum atomic E-state index is 12.9. The molecule has 0 aliphatic carbocycles. The lowest BCUT2D eigenvalue weighted by molar-refractivity contribution is -0.147. The van der Waals surface area contributed by atoms with Crippen molar-refractivity contribution in [2.45, 2.75) is 19.1 Å². The monoisotopic (exact) mass is 383 g/mol. The largest absolute Gasteiger partial charge is 0.480 e. The van der Waals surface area contributed by atoms with Crippen LogP contribution in [0.4, 0.5) is 13.2 Å². The molecule has 0 saturated carbocycles. The van der Waals surface area contributed by atoms with Gasteiger partial charge in [-0.1, -0.05) is 6.07 Å². The van der Waals surface area contributed by atoms with Gasteiger partial charge in [-0.3, -0.25) is 4.79 Å². The zero-order valence-electron chi connectivity index (χ0n) is 14.2. The third-order valence-electron chi connectivity index (χ3n) is 4.33. The molecular weight excluding hydrogens is 367 g/mol. The van der Waals surface area contributed by atoms with Crippen LogP contribution < -0.4 is 0 Å². The molecule has 1 aromatic carbocycles. The molecule has 0 spiro atoms. The number of hydrogen-bond donors (Lipinski definition) is 1. The van der Waals surface area contributed by atoms with E-state index in [1.54, 1.807) is 0 Å². The average Bonchev–Trinajstić information content (AvgIpc) is 3.02. The number of morpholine rings is 1. The molecule has 1 fully saturated rings. The van der Waals surface area contributed by atoms with Gasteiger partial charge in [0.05, 0.1) is 41.9 Å². The summed E-state index contributed by atoms with van der Waals surface area (Å²) in [5, 5.41) is 13.3. The fourth-order valence-corrected chi connectivity index (χ4v) is 2.90. The first-order valence-electron chi connectivity index (χ1n) is 8.04. The number of alkyl halides is 3. The number of aliphatic carboxylic acids is 1. The van der Waals surface area contributed by atoms with Gasteiger partial charge in [0.15, 0.2) is 6.04 Å². The van der Waals surface area contributed by atoms with Crippen molar-refractivity contribution in [3.63, 3.8) is 0 Å². The van der Waals surface area contributed by atoms with Gasteiger partial charge in [-0.25, -0.2) is 9.48 Å². The third kappa shape index (κ3) is 3.65. The van der Waals surface area contributed by atoms with Crippen LogP contribution in [0.15, 0.2) is 30.5 Å². The molecule has 27 heavy (non-hydrogen) atoms. The van der Waals surface area contributed by atoms with Crippen molar-refractivity contribution in [1.29, 1.82) is 0 Å². The Hall–Kier alpha value is -2.88. The summed E-state index contributed by atoms with van der Waals surface area (Å²) in [6.45, 7) is 1.72. The smallest absolute Gasteiger partial charge is 0.416 e. The Balaban J connectivity index is 1.94. The highest BCUT2D eigenvalue weighted by atomic mass is 19.4. The first-order chi connectivity index (χ1) is 12.7. The molecule has 1 N–H and O–H groups in total. The van der Waals surface area contributed by atoms with Crippen LogP contribution >= 0.6 is 0 Å². The number of amides is 1. The van der Waals surface area contributed by atoms with E-state index in [1.807, 2.05) is 0 Å². The van der Waals surface area contributed by atoms with E-state index in [2.05, 4.69) is 5.10 Å². The molecular formula is C17H16F3N3O4. The van der Waals surface area contributed by atoms with Gasteiger partial charge in [-0.05, 0) is 25.1 Å². The molecule has 2 heterocycles. The summed E-state index contributed by atoms with van der Waals surface area (Å²) in [5.41, 5.74) is -0.240. The van der Waals surface area contributed by atoms with Gasteiger partial charge in [0, 0.05) is 6.54 Å². The van der Waals surface area contributed by atoms with E-state index in [-0.39, 0.29) is 31.0 Å². The topological polar surface area (TPSA) is 84.7 Å². The summed E-state index contributed by atoms with van der Waals surface area (Å²) >= 11 is 0. The van der Waals surface area contributed by atoms with Crippen LogP contribution in [0.2, 0.25) is 0 Å². The van der Waals surface area contributed by atoms with Gasteiger partial charge in [0.25, 0.3) is 5.91 Å². The van der Waals surface area contributed by atoms with Gasteiger partial charge >= 0.3 is 12.1 Å². The van der Waals surface area contributed by atoms with E-state index in [4.69, 9.17) is 4.74 Å². The van der Waals surface area contributed by atoms with Crippen molar-refractivity contribution < 1.29 is 32.6 Å². The predicted octanol–water partition coefficient (Wildman–Crippen LogP) is 2.13. The zero-order valence-corrected chi connectivity index (χ0v) is 14.2. The molecule has 7 nitrogen and oxygen atoms in total. The van der Waals surface area contributed by atoms with E-state index < -0.39 is 29.7 Å². The number of rotatable bonds is 3. The molecule has 1 atom stereocenters. The molecule has 1 unspecified atom stereocenters. The summed E-state index contributed by atoms with van der Waals surface area (Å²) in [7, 11) is 0. The highest BCUT2D eigenvalue weighted by Gasteiger charge is 2.35. The lowest BCUT2D eigenvalue weighted by Gasteiger charge is -2.32. The van der Waals surface area contributed by atoms with E-state index in [0.29, 0.717) is 5.69 Å². The molecule has 1 aliphatic heterocycles. The average molecular weight is 383 g/mol. The van der Waals surface area contributed by atoms with Crippen LogP contribution in [0.1, 0.15) is 21.6 Å². The Morgan fingerprint density at radius 1 is 1.33 bits per heavy atom. The Morgan fingerprint density at radius 2 is 2.07 bits per heavy atom. The second-order valence-electron chi connectivity index (χ2n) is 6.03. The van der Waals surface area contributed by atoms with Crippen molar-refractivity contribution in [2.24, 2.45) is 0 Å². The number of benzene rings is 1. The summed E-state index contributed by atoms with van der Waals surface area (Å²) in [4.78, 5) is 25.3. The molecule has 144 valence electrons.